The summed E-state index contributed by atoms with van der Waals surface area (Å²) >= 11 is 0. The zero-order valence-corrected chi connectivity index (χ0v) is 25.0. The number of nitrogens with one attached hydrogen (secondary N) is 1. The van der Waals surface area contributed by atoms with E-state index in [9.17, 15) is 9.50 Å². The molecule has 5 heterocycles. The third-order valence-corrected chi connectivity index (χ3v) is 12.3. The fourth-order valence-corrected chi connectivity index (χ4v) is 10.2. The fourth-order valence-electron chi connectivity index (χ4n) is 10.2. The Labute approximate surface area is 255 Å². The van der Waals surface area contributed by atoms with Gasteiger partial charge in [0.15, 0.2) is 5.82 Å². The van der Waals surface area contributed by atoms with E-state index in [1.165, 1.54) is 6.07 Å². The molecule has 10 heteroatoms. The number of aromatic nitrogens is 2. The molecule has 3 aliphatic carbocycles. The summed E-state index contributed by atoms with van der Waals surface area (Å²) in [4.78, 5) is 13.7. The number of anilines is 1. The summed E-state index contributed by atoms with van der Waals surface area (Å²) in [7, 11) is 0. The standard InChI is InChI=1S/C34H40F3N5O2/c35-20-14-34(8-2-10-42(34)15-20)18-44-32-39-30-25(31(40-32)41-16-21-3-4-22(17-41)38-21)13-26(36)27(29(30)37)24-12-23(43)11-19-5-9-33(28(19)24)6-1-7-33/h11-13,20-22,24,28,38,43H,1-10,14-18H2. The van der Waals surface area contributed by atoms with E-state index in [0.717, 1.165) is 69.9 Å². The van der Waals surface area contributed by atoms with E-state index in [1.54, 1.807) is 6.08 Å². The molecule has 7 aliphatic rings. The van der Waals surface area contributed by atoms with Gasteiger partial charge < -0.3 is 20.1 Å². The number of fused-ring (bicyclic) bond motifs is 6. The van der Waals surface area contributed by atoms with Crippen LogP contribution < -0.4 is 15.0 Å². The molecule has 2 aromatic rings. The van der Waals surface area contributed by atoms with Crippen molar-refractivity contribution in [2.24, 2.45) is 11.3 Å². The Bertz CT molecular complexity index is 1580. The van der Waals surface area contributed by atoms with Crippen LogP contribution in [0, 0.1) is 23.0 Å². The number of piperazine rings is 1. The minimum atomic E-state index is -0.889. The first kappa shape index (κ1) is 27.5. The van der Waals surface area contributed by atoms with Crippen LogP contribution in [0.1, 0.15) is 75.7 Å². The molecule has 6 fully saturated rings. The van der Waals surface area contributed by atoms with Gasteiger partial charge in [0.25, 0.3) is 0 Å². The molecule has 0 radical (unpaired) electrons. The highest BCUT2D eigenvalue weighted by Gasteiger charge is 2.54. The zero-order chi connectivity index (χ0) is 29.8. The summed E-state index contributed by atoms with van der Waals surface area (Å²) in [5.74, 6) is -1.40. The summed E-state index contributed by atoms with van der Waals surface area (Å²) < 4.78 is 54.1. The maximum absolute atomic E-state index is 17.0. The van der Waals surface area contributed by atoms with Gasteiger partial charge in [-0.15, -0.1) is 0 Å². The average Bonchev–Trinajstić information content (AvgIpc) is 3.72. The minimum Gasteiger partial charge on any atom is -0.508 e. The van der Waals surface area contributed by atoms with Gasteiger partial charge in [-0.2, -0.15) is 9.97 Å². The molecular formula is C34H40F3N5O2. The van der Waals surface area contributed by atoms with Crippen molar-refractivity contribution >= 4 is 16.7 Å². The number of halogens is 3. The largest absolute Gasteiger partial charge is 0.508 e. The molecule has 1 spiro atoms. The maximum Gasteiger partial charge on any atom is 0.319 e. The van der Waals surface area contributed by atoms with Crippen LogP contribution in [0.15, 0.2) is 29.6 Å². The van der Waals surface area contributed by atoms with E-state index >= 15 is 8.78 Å². The topological polar surface area (TPSA) is 73.8 Å². The Hall–Kier alpha value is -2.85. The molecule has 2 bridgehead atoms. The first-order chi connectivity index (χ1) is 21.3. The van der Waals surface area contributed by atoms with Crippen LogP contribution in [0.5, 0.6) is 6.01 Å². The number of rotatable bonds is 5. The quantitative estimate of drug-likeness (QED) is 0.442. The first-order valence-corrected chi connectivity index (χ1v) is 16.6. The van der Waals surface area contributed by atoms with Crippen molar-refractivity contribution in [2.45, 2.75) is 93.9 Å². The monoisotopic (exact) mass is 607 g/mol. The summed E-state index contributed by atoms with van der Waals surface area (Å²) in [5.41, 5.74) is 0.758. The number of aliphatic hydroxyl groups is 1. The van der Waals surface area contributed by atoms with Gasteiger partial charge in [0.05, 0.1) is 5.54 Å². The van der Waals surface area contributed by atoms with Gasteiger partial charge in [0.2, 0.25) is 0 Å². The Morgan fingerprint density at radius 3 is 2.64 bits per heavy atom. The predicted molar refractivity (Wildman–Crippen MR) is 161 cm³/mol. The van der Waals surface area contributed by atoms with Crippen LogP contribution in [0.2, 0.25) is 0 Å². The number of hydrogen-bond acceptors (Lipinski definition) is 7. The Balaban J connectivity index is 1.15. The molecule has 2 N–H and O–H groups in total. The highest BCUT2D eigenvalue weighted by atomic mass is 19.1. The Morgan fingerprint density at radius 2 is 1.86 bits per heavy atom. The number of nitrogens with zero attached hydrogens (tertiary/aromatic N) is 4. The van der Waals surface area contributed by atoms with Crippen LogP contribution in [0.3, 0.4) is 0 Å². The smallest absolute Gasteiger partial charge is 0.319 e. The molecule has 6 unspecified atom stereocenters. The van der Waals surface area contributed by atoms with Crippen molar-refractivity contribution < 1.29 is 23.0 Å². The van der Waals surface area contributed by atoms with E-state index in [1.807, 2.05) is 6.08 Å². The van der Waals surface area contributed by atoms with Gasteiger partial charge in [-0.25, -0.2) is 13.2 Å². The van der Waals surface area contributed by atoms with E-state index in [2.05, 4.69) is 20.1 Å². The molecule has 234 valence electrons. The Morgan fingerprint density at radius 1 is 1.05 bits per heavy atom. The van der Waals surface area contributed by atoms with Crippen LogP contribution in [0.4, 0.5) is 19.0 Å². The molecule has 9 rings (SSSR count). The van der Waals surface area contributed by atoms with Gasteiger partial charge in [-0.3, -0.25) is 4.90 Å². The van der Waals surface area contributed by atoms with E-state index in [-0.39, 0.29) is 40.8 Å². The number of ether oxygens (including phenoxy) is 1. The van der Waals surface area contributed by atoms with Gasteiger partial charge in [0, 0.05) is 55.0 Å². The number of allylic oxidation sites excluding steroid dienone is 3. The Kier molecular flexibility index (Phi) is 6.13. The highest BCUT2D eigenvalue weighted by molar-refractivity contribution is 5.91. The van der Waals surface area contributed by atoms with Crippen molar-refractivity contribution in [2.75, 3.05) is 37.7 Å². The number of hydrogen-bond donors (Lipinski definition) is 2. The van der Waals surface area contributed by atoms with E-state index < -0.39 is 29.3 Å². The summed E-state index contributed by atoms with van der Waals surface area (Å²) in [6.45, 7) is 2.86. The van der Waals surface area contributed by atoms with E-state index in [4.69, 9.17) is 9.72 Å². The van der Waals surface area contributed by atoms with Gasteiger partial charge in [-0.05, 0) is 87.5 Å². The first-order valence-electron chi connectivity index (χ1n) is 16.6. The lowest BCUT2D eigenvalue weighted by atomic mass is 9.57. The number of benzene rings is 1. The normalized spacial score (nSPS) is 35.5. The van der Waals surface area contributed by atoms with Gasteiger partial charge in [0.1, 0.15) is 35.7 Å². The van der Waals surface area contributed by atoms with Crippen molar-refractivity contribution in [3.05, 3.63) is 46.7 Å². The minimum absolute atomic E-state index is 0.0274. The second kappa shape index (κ2) is 9.82. The molecule has 1 aromatic heterocycles. The van der Waals surface area contributed by atoms with Crippen LogP contribution >= 0.6 is 0 Å². The second-order valence-corrected chi connectivity index (χ2v) is 14.7. The molecule has 0 amide bonds. The molecule has 4 aliphatic heterocycles. The van der Waals surface area contributed by atoms with E-state index in [0.29, 0.717) is 49.3 Å². The lowest BCUT2D eigenvalue weighted by molar-refractivity contribution is 0.0786. The number of aliphatic hydroxyl groups excluding tert-OH is 1. The third-order valence-electron chi connectivity index (χ3n) is 12.3. The molecule has 1 aromatic carbocycles. The van der Waals surface area contributed by atoms with Crippen molar-refractivity contribution in [3.8, 4) is 6.01 Å². The van der Waals surface area contributed by atoms with Gasteiger partial charge >= 0.3 is 6.01 Å². The molecule has 44 heavy (non-hydrogen) atoms. The van der Waals surface area contributed by atoms with Crippen LogP contribution in [-0.4, -0.2) is 76.6 Å². The fraction of sp³-hybridized carbons (Fsp3) is 0.647. The lowest BCUT2D eigenvalue weighted by Crippen LogP contribution is -2.51. The molecule has 2 saturated carbocycles. The highest BCUT2D eigenvalue weighted by Crippen LogP contribution is 2.64. The molecular weight excluding hydrogens is 567 g/mol. The van der Waals surface area contributed by atoms with Crippen LogP contribution in [-0.2, 0) is 0 Å². The summed E-state index contributed by atoms with van der Waals surface area (Å²) in [5, 5.41) is 14.6. The molecule has 7 nitrogen and oxygen atoms in total. The molecule has 6 atom stereocenters. The summed E-state index contributed by atoms with van der Waals surface area (Å²) in [6.07, 6.45) is 12.0. The number of alkyl halides is 1. The predicted octanol–water partition coefficient (Wildman–Crippen LogP) is 5.85. The second-order valence-electron chi connectivity index (χ2n) is 14.7. The average molecular weight is 608 g/mol. The van der Waals surface area contributed by atoms with Gasteiger partial charge in [-0.1, -0.05) is 12.0 Å². The lowest BCUT2D eigenvalue weighted by Gasteiger charge is -2.47. The van der Waals surface area contributed by atoms with Crippen molar-refractivity contribution in [1.82, 2.24) is 20.2 Å². The van der Waals surface area contributed by atoms with Crippen LogP contribution in [0.25, 0.3) is 10.9 Å². The maximum atomic E-state index is 17.0. The van der Waals surface area contributed by atoms with Crippen molar-refractivity contribution in [3.63, 3.8) is 0 Å². The van der Waals surface area contributed by atoms with Crippen molar-refractivity contribution in [1.29, 1.82) is 0 Å². The summed E-state index contributed by atoms with van der Waals surface area (Å²) in [6, 6.07) is 2.05. The molecule has 4 saturated heterocycles. The zero-order valence-electron chi connectivity index (χ0n) is 25.0. The third kappa shape index (κ3) is 4.08. The SMILES string of the molecule is OC1=CC(c2c(F)cc3c(N4CC5CCC(C4)N5)nc(OCC45CCCN4CC(F)C5)nc3c2F)C2C(=C1)CCC21CCC1.